The summed E-state index contributed by atoms with van der Waals surface area (Å²) in [6.07, 6.45) is 0. The van der Waals surface area contributed by atoms with E-state index in [2.05, 4.69) is 10.6 Å². The molecule has 0 heterocycles. The fraction of sp³-hybridized carbons (Fsp3) is 0.125. The van der Waals surface area contributed by atoms with Crippen LogP contribution in [-0.4, -0.2) is 48.8 Å². The molecule has 27 heavy (non-hydrogen) atoms. The number of fused-ring (bicyclic) bond motifs is 2. The number of anilines is 2. The van der Waals surface area contributed by atoms with Crippen molar-refractivity contribution in [2.24, 2.45) is 0 Å². The van der Waals surface area contributed by atoms with Crippen LogP contribution >= 0.6 is 0 Å². The minimum Gasteiger partial charge on any atom is -0.744 e. The number of hydrogen-bond acceptors (Lipinski definition) is 9. The third-order valence-corrected chi connectivity index (χ3v) is 5.01. The number of hydrogen-bond donors (Lipinski definition) is 4. The van der Waals surface area contributed by atoms with Gasteiger partial charge in [-0.25, -0.2) is 8.42 Å². The molecule has 0 unspecified atom stereocenters. The maximum absolute atomic E-state index is 13.0. The minimum atomic E-state index is -5.11. The van der Waals surface area contributed by atoms with Crippen molar-refractivity contribution in [3.05, 3.63) is 40.5 Å². The van der Waals surface area contributed by atoms with E-state index in [1.54, 1.807) is 0 Å². The standard InChI is InChI=1S/C16H14N2O7S.Na/c1-17-6-3-4-8(19)12-10(6)16(22)13-11(15(12)21)7(18-2)5-9(14(13)20)26(23,24)25;/h3-5,17-20H,1-2H3,(H,23,24,25);/q;+1/p-1. The van der Waals surface area contributed by atoms with Crippen molar-refractivity contribution in [3.8, 4) is 11.5 Å². The van der Waals surface area contributed by atoms with E-state index in [-0.39, 0.29) is 57.6 Å². The van der Waals surface area contributed by atoms with Crippen molar-refractivity contribution in [2.45, 2.75) is 4.90 Å². The predicted molar refractivity (Wildman–Crippen MR) is 90.1 cm³/mol. The molecule has 4 N–H and O–H groups in total. The second-order valence-corrected chi connectivity index (χ2v) is 6.86. The Hall–Kier alpha value is -2.11. The molecule has 2 aromatic carbocycles. The zero-order valence-corrected chi connectivity index (χ0v) is 17.4. The monoisotopic (exact) mass is 400 g/mol. The summed E-state index contributed by atoms with van der Waals surface area (Å²) in [5.74, 6) is -3.22. The smallest absolute Gasteiger partial charge is 0.744 e. The Kier molecular flexibility index (Phi) is 5.60. The molecule has 3 rings (SSSR count). The summed E-state index contributed by atoms with van der Waals surface area (Å²) in [7, 11) is -2.27. The Morgan fingerprint density at radius 1 is 0.889 bits per heavy atom. The van der Waals surface area contributed by atoms with Crippen LogP contribution in [0.4, 0.5) is 11.4 Å². The van der Waals surface area contributed by atoms with Crippen molar-refractivity contribution in [3.63, 3.8) is 0 Å². The molecule has 1 aliphatic carbocycles. The van der Waals surface area contributed by atoms with E-state index in [4.69, 9.17) is 0 Å². The van der Waals surface area contributed by atoms with Crippen molar-refractivity contribution in [2.75, 3.05) is 24.7 Å². The van der Waals surface area contributed by atoms with Crippen molar-refractivity contribution in [1.29, 1.82) is 0 Å². The van der Waals surface area contributed by atoms with Crippen molar-refractivity contribution >= 4 is 33.1 Å². The third kappa shape index (κ3) is 3.09. The number of ketones is 2. The largest absolute Gasteiger partial charge is 1.00 e. The molecule has 0 aliphatic heterocycles. The van der Waals surface area contributed by atoms with Gasteiger partial charge in [0, 0.05) is 25.5 Å². The molecule has 0 spiro atoms. The van der Waals surface area contributed by atoms with E-state index in [1.807, 2.05) is 0 Å². The maximum Gasteiger partial charge on any atom is 1.00 e. The van der Waals surface area contributed by atoms with Gasteiger partial charge in [0.05, 0.1) is 27.1 Å². The van der Waals surface area contributed by atoms with Gasteiger partial charge in [-0.05, 0) is 18.2 Å². The Balaban J connectivity index is 0.00000261. The summed E-state index contributed by atoms with van der Waals surface area (Å²) in [5.41, 5.74) is -1.36. The molecule has 2 aromatic rings. The average molecular weight is 400 g/mol. The number of rotatable bonds is 3. The molecule has 0 amide bonds. The summed E-state index contributed by atoms with van der Waals surface area (Å²) >= 11 is 0. The quantitative estimate of drug-likeness (QED) is 0.219. The number of phenols is 2. The van der Waals surface area contributed by atoms with E-state index in [1.165, 1.54) is 26.2 Å². The zero-order chi connectivity index (χ0) is 19.4. The van der Waals surface area contributed by atoms with Gasteiger partial charge in [-0.2, -0.15) is 0 Å². The summed E-state index contributed by atoms with van der Waals surface area (Å²) in [6.45, 7) is 0. The molecule has 1 aliphatic rings. The Labute approximate surface area is 176 Å². The van der Waals surface area contributed by atoms with Crippen LogP contribution in [0.1, 0.15) is 31.8 Å². The van der Waals surface area contributed by atoms with E-state index in [0.29, 0.717) is 0 Å². The van der Waals surface area contributed by atoms with Crippen LogP contribution in [0.25, 0.3) is 0 Å². The SMILES string of the molecule is CNc1ccc(O)c2c1C(=O)c1c(O)c(S(=O)(=O)[O-])cc(NC)c1C2=O.[Na+]. The van der Waals surface area contributed by atoms with Gasteiger partial charge >= 0.3 is 29.6 Å². The first-order valence-electron chi connectivity index (χ1n) is 7.30. The molecular weight excluding hydrogens is 387 g/mol. The summed E-state index contributed by atoms with van der Waals surface area (Å²) in [4.78, 5) is 24.9. The van der Waals surface area contributed by atoms with E-state index in [0.717, 1.165) is 6.07 Å². The molecule has 9 nitrogen and oxygen atoms in total. The third-order valence-electron chi connectivity index (χ3n) is 4.16. The fourth-order valence-corrected chi connectivity index (χ4v) is 3.61. The van der Waals surface area contributed by atoms with E-state index >= 15 is 0 Å². The topological polar surface area (TPSA) is 156 Å². The number of carbonyl (C=O) groups is 2. The van der Waals surface area contributed by atoms with Gasteiger partial charge in [0.25, 0.3) is 0 Å². The summed E-state index contributed by atoms with van der Waals surface area (Å²) < 4.78 is 34.3. The summed E-state index contributed by atoms with van der Waals surface area (Å²) in [6, 6.07) is 3.37. The van der Waals surface area contributed by atoms with E-state index in [9.17, 15) is 32.8 Å². The van der Waals surface area contributed by atoms with Gasteiger partial charge in [-0.15, -0.1) is 0 Å². The molecule has 136 valence electrons. The number of nitrogens with one attached hydrogen (secondary N) is 2. The molecule has 0 saturated carbocycles. The Bertz CT molecular complexity index is 1100. The van der Waals surface area contributed by atoms with Crippen LogP contribution in [0.15, 0.2) is 23.1 Å². The number of benzene rings is 2. The molecule has 0 fully saturated rings. The van der Waals surface area contributed by atoms with Crippen LogP contribution in [-0.2, 0) is 10.1 Å². The number of aromatic hydroxyl groups is 2. The van der Waals surface area contributed by atoms with Crippen LogP contribution in [0, 0.1) is 0 Å². The van der Waals surface area contributed by atoms with Gasteiger partial charge < -0.3 is 25.4 Å². The van der Waals surface area contributed by atoms with Crippen LogP contribution in [0.5, 0.6) is 11.5 Å². The van der Waals surface area contributed by atoms with Gasteiger partial charge in [0.2, 0.25) is 11.6 Å². The second kappa shape index (κ2) is 7.13. The molecule has 0 aromatic heterocycles. The number of phenolic OH excluding ortho intramolecular Hbond substituents is 2. The first-order valence-corrected chi connectivity index (χ1v) is 8.71. The van der Waals surface area contributed by atoms with Crippen LogP contribution in [0.2, 0.25) is 0 Å². The van der Waals surface area contributed by atoms with Gasteiger partial charge in [-0.3, -0.25) is 9.59 Å². The normalized spacial score (nSPS) is 12.7. The molecule has 0 radical (unpaired) electrons. The molecular formula is C16H13N2NaO7S. The second-order valence-electron chi connectivity index (χ2n) is 5.52. The Morgan fingerprint density at radius 2 is 1.41 bits per heavy atom. The zero-order valence-electron chi connectivity index (χ0n) is 14.6. The van der Waals surface area contributed by atoms with Crippen LogP contribution in [0.3, 0.4) is 0 Å². The minimum absolute atomic E-state index is 0. The Morgan fingerprint density at radius 3 is 1.93 bits per heavy atom. The van der Waals surface area contributed by atoms with Crippen molar-refractivity contribution < 1.29 is 62.3 Å². The molecule has 11 heteroatoms. The van der Waals surface area contributed by atoms with E-state index < -0.39 is 43.6 Å². The van der Waals surface area contributed by atoms with Gasteiger partial charge in [-0.1, -0.05) is 0 Å². The van der Waals surface area contributed by atoms with Gasteiger partial charge in [0.15, 0.2) is 0 Å². The number of carbonyl (C=O) groups excluding carboxylic acids is 2. The van der Waals surface area contributed by atoms with Crippen molar-refractivity contribution in [1.82, 2.24) is 0 Å². The first-order chi connectivity index (χ1) is 12.1. The first kappa shape index (κ1) is 21.2. The van der Waals surface area contributed by atoms with Crippen LogP contribution < -0.4 is 40.2 Å². The molecule has 0 saturated heterocycles. The predicted octanol–water partition coefficient (Wildman–Crippen LogP) is -2.14. The maximum atomic E-state index is 13.0. The molecule has 0 atom stereocenters. The molecule has 0 bridgehead atoms. The fourth-order valence-electron chi connectivity index (χ4n) is 3.01. The summed E-state index contributed by atoms with van der Waals surface area (Å²) in [5, 5.41) is 25.6. The van der Waals surface area contributed by atoms with Gasteiger partial charge in [0.1, 0.15) is 21.6 Å². The average Bonchev–Trinajstić information content (AvgIpc) is 2.57.